The second kappa shape index (κ2) is 4.83. The molecule has 0 aliphatic heterocycles. The minimum atomic E-state index is 0. The quantitative estimate of drug-likeness (QED) is 0.451. The van der Waals surface area contributed by atoms with Gasteiger partial charge in [-0.1, -0.05) is 0 Å². The third-order valence-electron chi connectivity index (χ3n) is 2.70. The molecular weight excluding hydrogens is 325 g/mol. The lowest BCUT2D eigenvalue weighted by Gasteiger charge is -1.96. The zero-order valence-corrected chi connectivity index (χ0v) is 11.5. The fourth-order valence-corrected chi connectivity index (χ4v) is 1.86. The third-order valence-corrected chi connectivity index (χ3v) is 2.70. The first-order chi connectivity index (χ1) is 7.84. The molecule has 0 unspecified atom stereocenters. The summed E-state index contributed by atoms with van der Waals surface area (Å²) in [5.41, 5.74) is 3.01. The number of aromatic nitrogens is 3. The molecule has 0 spiro atoms. The molecular formula is C13H12IN3. The molecule has 0 aliphatic rings. The van der Waals surface area contributed by atoms with E-state index in [9.17, 15) is 0 Å². The number of fused-ring (bicyclic) bond motifs is 1. The maximum atomic E-state index is 4.65. The van der Waals surface area contributed by atoms with Gasteiger partial charge < -0.3 is 29.0 Å². The van der Waals surface area contributed by atoms with E-state index >= 15 is 0 Å². The number of nitrogens with one attached hydrogen (secondary N) is 1. The van der Waals surface area contributed by atoms with Crippen LogP contribution >= 0.6 is 0 Å². The van der Waals surface area contributed by atoms with Crippen molar-refractivity contribution < 1.29 is 28.5 Å². The lowest BCUT2D eigenvalue weighted by molar-refractivity contribution is -0.646. The molecule has 3 aromatic rings. The molecule has 0 saturated carbocycles. The van der Waals surface area contributed by atoms with Crippen LogP contribution in [0.1, 0.15) is 0 Å². The fourth-order valence-electron chi connectivity index (χ4n) is 1.86. The Morgan fingerprint density at radius 2 is 2.00 bits per heavy atom. The Bertz CT molecular complexity index is 632. The van der Waals surface area contributed by atoms with Crippen molar-refractivity contribution in [1.82, 2.24) is 9.97 Å². The summed E-state index contributed by atoms with van der Waals surface area (Å²) in [5, 5.41) is 1.15. The Morgan fingerprint density at radius 1 is 1.12 bits per heavy atom. The predicted molar refractivity (Wildman–Crippen MR) is 62.7 cm³/mol. The highest BCUT2D eigenvalue weighted by atomic mass is 127. The van der Waals surface area contributed by atoms with Crippen LogP contribution in [0.15, 0.2) is 48.8 Å². The third kappa shape index (κ3) is 2.17. The summed E-state index contributed by atoms with van der Waals surface area (Å²) in [4.78, 5) is 7.81. The van der Waals surface area contributed by atoms with Gasteiger partial charge in [-0.05, 0) is 41.4 Å². The average Bonchev–Trinajstić information content (AvgIpc) is 2.83. The van der Waals surface area contributed by atoms with Crippen LogP contribution in [0.2, 0.25) is 0 Å². The van der Waals surface area contributed by atoms with Gasteiger partial charge in [-0.25, -0.2) is 4.57 Å². The van der Waals surface area contributed by atoms with Crippen LogP contribution < -0.4 is 28.5 Å². The molecule has 86 valence electrons. The van der Waals surface area contributed by atoms with Gasteiger partial charge in [0.1, 0.15) is 0 Å². The molecule has 4 heteroatoms. The lowest BCUT2D eigenvalue weighted by Crippen LogP contribution is -3.00. The topological polar surface area (TPSA) is 32.6 Å². The summed E-state index contributed by atoms with van der Waals surface area (Å²) in [6, 6.07) is 12.2. The lowest BCUT2D eigenvalue weighted by atomic mass is 10.2. The molecule has 0 saturated heterocycles. The van der Waals surface area contributed by atoms with Crippen molar-refractivity contribution in [2.24, 2.45) is 7.05 Å². The van der Waals surface area contributed by atoms with Gasteiger partial charge in [-0.15, -0.1) is 0 Å². The zero-order chi connectivity index (χ0) is 11.0. The Morgan fingerprint density at radius 3 is 2.76 bits per heavy atom. The van der Waals surface area contributed by atoms with Crippen LogP contribution in [0, 0.1) is 0 Å². The average molecular weight is 337 g/mol. The molecule has 0 fully saturated rings. The highest BCUT2D eigenvalue weighted by molar-refractivity contribution is 5.74. The Balaban J connectivity index is 0.00000108. The van der Waals surface area contributed by atoms with Crippen molar-refractivity contribution in [3.05, 3.63) is 48.8 Å². The smallest absolute Gasteiger partial charge is 0.330 e. The van der Waals surface area contributed by atoms with Gasteiger partial charge in [0.05, 0.1) is 24.3 Å². The second-order valence-corrected chi connectivity index (χ2v) is 3.81. The van der Waals surface area contributed by atoms with Gasteiger partial charge in [-0.3, -0.25) is 0 Å². The van der Waals surface area contributed by atoms with Crippen molar-refractivity contribution >= 4 is 11.0 Å². The number of aryl methyl sites for hydroxylation is 1. The number of H-pyrrole nitrogens is 1. The van der Waals surface area contributed by atoms with Crippen LogP contribution in [0.5, 0.6) is 0 Å². The maximum Gasteiger partial charge on any atom is 0.330 e. The summed E-state index contributed by atoms with van der Waals surface area (Å²) >= 11 is 0. The minimum Gasteiger partial charge on any atom is -1.00 e. The van der Waals surface area contributed by atoms with E-state index in [2.05, 4.69) is 22.1 Å². The van der Waals surface area contributed by atoms with E-state index in [1.807, 2.05) is 48.3 Å². The fraction of sp³-hybridized carbons (Fsp3) is 0.0769. The predicted octanol–water partition coefficient (Wildman–Crippen LogP) is -0.942. The maximum absolute atomic E-state index is 4.65. The van der Waals surface area contributed by atoms with E-state index in [-0.39, 0.29) is 24.0 Å². The summed E-state index contributed by atoms with van der Waals surface area (Å²) in [6.45, 7) is 0. The molecule has 3 aromatic heterocycles. The number of rotatable bonds is 1. The highest BCUT2D eigenvalue weighted by Crippen LogP contribution is 2.16. The summed E-state index contributed by atoms with van der Waals surface area (Å²) in [5.74, 6) is 0. The number of hydrogen-bond acceptors (Lipinski definition) is 1. The van der Waals surface area contributed by atoms with E-state index in [4.69, 9.17) is 0 Å². The first kappa shape index (κ1) is 12.0. The molecule has 3 heterocycles. The molecule has 3 nitrogen and oxygen atoms in total. The number of halogens is 1. The monoisotopic (exact) mass is 337 g/mol. The minimum absolute atomic E-state index is 0. The van der Waals surface area contributed by atoms with Crippen LogP contribution in [-0.4, -0.2) is 9.97 Å². The summed E-state index contributed by atoms with van der Waals surface area (Å²) in [7, 11) is 2.01. The van der Waals surface area contributed by atoms with Crippen molar-refractivity contribution in [2.45, 2.75) is 0 Å². The van der Waals surface area contributed by atoms with Gasteiger partial charge in [-0.2, -0.15) is 0 Å². The zero-order valence-electron chi connectivity index (χ0n) is 9.39. The molecule has 0 radical (unpaired) electrons. The van der Waals surface area contributed by atoms with E-state index in [1.54, 1.807) is 0 Å². The van der Waals surface area contributed by atoms with Crippen LogP contribution in [-0.2, 0) is 7.05 Å². The molecule has 0 amide bonds. The molecule has 0 atom stereocenters. The summed E-state index contributed by atoms with van der Waals surface area (Å²) in [6.07, 6.45) is 3.92. The van der Waals surface area contributed by atoms with Crippen LogP contribution in [0.4, 0.5) is 0 Å². The van der Waals surface area contributed by atoms with Gasteiger partial charge in [0.25, 0.3) is 0 Å². The first-order valence-electron chi connectivity index (χ1n) is 5.24. The molecule has 0 bridgehead atoms. The Kier molecular flexibility index (Phi) is 3.42. The summed E-state index contributed by atoms with van der Waals surface area (Å²) < 4.78 is 2.03. The second-order valence-electron chi connectivity index (χ2n) is 3.81. The van der Waals surface area contributed by atoms with Crippen molar-refractivity contribution in [3.63, 3.8) is 0 Å². The molecule has 0 aliphatic carbocycles. The van der Waals surface area contributed by atoms with E-state index < -0.39 is 0 Å². The Labute approximate surface area is 117 Å². The standard InChI is InChI=1S/C13H11N3.HI/c1-16-9-3-4-10-6-7-12(15-13(10)16)11-5-2-8-14-11;/h2-9H,1H3;1H. The van der Waals surface area contributed by atoms with Gasteiger partial charge >= 0.3 is 5.65 Å². The van der Waals surface area contributed by atoms with E-state index in [1.165, 1.54) is 0 Å². The van der Waals surface area contributed by atoms with Crippen molar-refractivity contribution in [1.29, 1.82) is 0 Å². The highest BCUT2D eigenvalue weighted by Gasteiger charge is 2.11. The molecule has 0 aromatic carbocycles. The van der Waals surface area contributed by atoms with Crippen molar-refractivity contribution in [3.8, 4) is 11.4 Å². The molecule has 17 heavy (non-hydrogen) atoms. The largest absolute Gasteiger partial charge is 1.00 e. The molecule has 1 N–H and O–H groups in total. The SMILES string of the molecule is C[n+]1cccc2ccc(-c3ccc[nH]3)nc21.[I-]. The van der Waals surface area contributed by atoms with Gasteiger partial charge in [0.15, 0.2) is 5.69 Å². The van der Waals surface area contributed by atoms with Crippen molar-refractivity contribution in [2.75, 3.05) is 0 Å². The van der Waals surface area contributed by atoms with Gasteiger partial charge in [0, 0.05) is 6.20 Å². The number of hydrogen-bond donors (Lipinski definition) is 1. The van der Waals surface area contributed by atoms with E-state index in [0.717, 1.165) is 22.4 Å². The number of pyridine rings is 2. The first-order valence-corrected chi connectivity index (χ1v) is 5.24. The number of aromatic amines is 1. The van der Waals surface area contributed by atoms with Crippen LogP contribution in [0.3, 0.4) is 0 Å². The van der Waals surface area contributed by atoms with Gasteiger partial charge in [0.2, 0.25) is 0 Å². The number of nitrogens with zero attached hydrogens (tertiary/aromatic N) is 2. The molecule has 3 rings (SSSR count). The van der Waals surface area contributed by atoms with Crippen LogP contribution in [0.25, 0.3) is 22.4 Å². The Hall–Kier alpha value is -1.43. The van der Waals surface area contributed by atoms with E-state index in [0.29, 0.717) is 0 Å². The normalized spacial score (nSPS) is 10.2.